The Morgan fingerprint density at radius 2 is 1.84 bits per heavy atom. The predicted molar refractivity (Wildman–Crippen MR) is 131 cm³/mol. The molecular formula is C28H40N2O2. The number of nitrogens with zero attached hydrogens (tertiary/aromatic N) is 1. The van der Waals surface area contributed by atoms with Gasteiger partial charge < -0.3 is 19.7 Å². The summed E-state index contributed by atoms with van der Waals surface area (Å²) in [6.45, 7) is 10.7. The molecule has 32 heavy (non-hydrogen) atoms. The number of rotatable bonds is 8. The van der Waals surface area contributed by atoms with Crippen LogP contribution >= 0.6 is 0 Å². The van der Waals surface area contributed by atoms with E-state index in [0.717, 1.165) is 31.7 Å². The molecule has 1 saturated heterocycles. The number of ether oxygens (including phenoxy) is 2. The summed E-state index contributed by atoms with van der Waals surface area (Å²) in [4.78, 5) is 2.63. The highest BCUT2D eigenvalue weighted by molar-refractivity contribution is 5.48. The van der Waals surface area contributed by atoms with Crippen LogP contribution in [0.5, 0.6) is 5.75 Å². The monoisotopic (exact) mass is 436 g/mol. The van der Waals surface area contributed by atoms with Gasteiger partial charge in [-0.2, -0.15) is 0 Å². The third-order valence-corrected chi connectivity index (χ3v) is 7.05. The van der Waals surface area contributed by atoms with Crippen molar-refractivity contribution >= 4 is 0 Å². The summed E-state index contributed by atoms with van der Waals surface area (Å²) < 4.78 is 13.0. The molecule has 2 heterocycles. The lowest BCUT2D eigenvalue weighted by Crippen LogP contribution is -2.43. The number of aryl methyl sites for hydroxylation is 1. The Labute approximate surface area is 194 Å². The van der Waals surface area contributed by atoms with Gasteiger partial charge in [0.05, 0.1) is 18.3 Å². The van der Waals surface area contributed by atoms with Gasteiger partial charge in [-0.1, -0.05) is 42.5 Å². The lowest BCUT2D eigenvalue weighted by Gasteiger charge is -2.41. The Bertz CT molecular complexity index is 859. The van der Waals surface area contributed by atoms with Crippen LogP contribution in [0.15, 0.2) is 42.5 Å². The Kier molecular flexibility index (Phi) is 7.88. The molecule has 0 amide bonds. The highest BCUT2D eigenvalue weighted by Crippen LogP contribution is 2.41. The topological polar surface area (TPSA) is 33.7 Å². The first-order chi connectivity index (χ1) is 15.5. The molecule has 2 unspecified atom stereocenters. The van der Waals surface area contributed by atoms with Crippen LogP contribution in [0.1, 0.15) is 55.0 Å². The maximum absolute atomic E-state index is 6.72. The second-order valence-electron chi connectivity index (χ2n) is 9.79. The molecule has 0 bridgehead atoms. The largest absolute Gasteiger partial charge is 0.490 e. The lowest BCUT2D eigenvalue weighted by molar-refractivity contribution is -0.0671. The van der Waals surface area contributed by atoms with Crippen LogP contribution in [0.3, 0.4) is 0 Å². The highest BCUT2D eigenvalue weighted by Gasteiger charge is 2.36. The maximum Gasteiger partial charge on any atom is 0.126 e. The molecule has 4 nitrogen and oxygen atoms in total. The molecule has 4 heteroatoms. The predicted octanol–water partition coefficient (Wildman–Crippen LogP) is 4.94. The Morgan fingerprint density at radius 3 is 2.53 bits per heavy atom. The Balaban J connectivity index is 1.42. The third-order valence-electron chi connectivity index (χ3n) is 7.05. The van der Waals surface area contributed by atoms with E-state index in [1.807, 2.05) is 7.05 Å². The van der Waals surface area contributed by atoms with Crippen LogP contribution in [0, 0.1) is 12.8 Å². The van der Waals surface area contributed by atoms with E-state index in [1.54, 1.807) is 0 Å². The van der Waals surface area contributed by atoms with Crippen LogP contribution < -0.4 is 10.1 Å². The fourth-order valence-corrected chi connectivity index (χ4v) is 5.31. The number of hydrogen-bond acceptors (Lipinski definition) is 4. The molecule has 174 valence electrons. The summed E-state index contributed by atoms with van der Waals surface area (Å²) in [5, 5.41) is 3.34. The molecule has 2 aromatic rings. The molecule has 2 aromatic carbocycles. The zero-order valence-electron chi connectivity index (χ0n) is 20.3. The molecule has 1 N–H and O–H groups in total. The maximum atomic E-state index is 6.72. The van der Waals surface area contributed by atoms with Gasteiger partial charge in [-0.25, -0.2) is 0 Å². The highest BCUT2D eigenvalue weighted by atomic mass is 16.5. The van der Waals surface area contributed by atoms with E-state index in [9.17, 15) is 0 Å². The second-order valence-corrected chi connectivity index (χ2v) is 9.79. The fraction of sp³-hybridized carbons (Fsp3) is 0.571. The van der Waals surface area contributed by atoms with E-state index in [0.29, 0.717) is 5.92 Å². The zero-order chi connectivity index (χ0) is 22.5. The first-order valence-corrected chi connectivity index (χ1v) is 12.4. The van der Waals surface area contributed by atoms with Crippen LogP contribution in [0.2, 0.25) is 0 Å². The zero-order valence-corrected chi connectivity index (χ0v) is 20.3. The van der Waals surface area contributed by atoms with Crippen LogP contribution in [0.25, 0.3) is 0 Å². The van der Waals surface area contributed by atoms with Crippen molar-refractivity contribution in [2.24, 2.45) is 5.92 Å². The summed E-state index contributed by atoms with van der Waals surface area (Å²) in [5.41, 5.74) is 5.35. The molecule has 4 rings (SSSR count). The first-order valence-electron chi connectivity index (χ1n) is 12.4. The molecule has 0 saturated carbocycles. The van der Waals surface area contributed by atoms with Gasteiger partial charge in [0.2, 0.25) is 0 Å². The minimum Gasteiger partial charge on any atom is -0.490 e. The van der Waals surface area contributed by atoms with Crippen molar-refractivity contribution in [3.8, 4) is 5.75 Å². The number of nitrogens with one attached hydrogen (secondary N) is 1. The quantitative estimate of drug-likeness (QED) is 0.636. The Morgan fingerprint density at radius 1 is 1.09 bits per heavy atom. The normalized spacial score (nSPS) is 22.2. The molecule has 1 fully saturated rings. The van der Waals surface area contributed by atoms with Crippen molar-refractivity contribution in [1.82, 2.24) is 10.2 Å². The van der Waals surface area contributed by atoms with E-state index < -0.39 is 0 Å². The Hall–Kier alpha value is -1.88. The van der Waals surface area contributed by atoms with Gasteiger partial charge in [-0.15, -0.1) is 0 Å². The van der Waals surface area contributed by atoms with Gasteiger partial charge in [0.1, 0.15) is 5.75 Å². The van der Waals surface area contributed by atoms with Gasteiger partial charge in [0, 0.05) is 25.1 Å². The van der Waals surface area contributed by atoms with E-state index in [2.05, 4.69) is 73.5 Å². The SMILES string of the molecule is CNCC1OC(C2CCN(CCc3ccccc3)CC2)Cc2c1ccc(C)c2OC(C)C. The van der Waals surface area contributed by atoms with Crippen molar-refractivity contribution in [2.45, 2.75) is 64.8 Å². The van der Waals surface area contributed by atoms with E-state index >= 15 is 0 Å². The smallest absolute Gasteiger partial charge is 0.126 e. The van der Waals surface area contributed by atoms with Crippen LogP contribution in [0.4, 0.5) is 0 Å². The van der Waals surface area contributed by atoms with Crippen molar-refractivity contribution in [2.75, 3.05) is 33.2 Å². The van der Waals surface area contributed by atoms with Crippen LogP contribution in [-0.2, 0) is 17.6 Å². The van der Waals surface area contributed by atoms with Crippen molar-refractivity contribution in [3.05, 3.63) is 64.7 Å². The van der Waals surface area contributed by atoms with E-state index in [-0.39, 0.29) is 18.3 Å². The summed E-state index contributed by atoms with van der Waals surface area (Å²) >= 11 is 0. The van der Waals surface area contributed by atoms with Gasteiger partial charge in [-0.05, 0) is 82.8 Å². The second kappa shape index (κ2) is 10.8. The molecule has 2 atom stereocenters. The molecular weight excluding hydrogens is 396 g/mol. The minimum absolute atomic E-state index is 0.0972. The average molecular weight is 437 g/mol. The van der Waals surface area contributed by atoms with Crippen molar-refractivity contribution in [3.63, 3.8) is 0 Å². The minimum atomic E-state index is 0.0972. The van der Waals surface area contributed by atoms with Gasteiger partial charge in [0.25, 0.3) is 0 Å². The third kappa shape index (κ3) is 5.54. The van der Waals surface area contributed by atoms with Crippen LogP contribution in [-0.4, -0.2) is 50.3 Å². The standard InChI is InChI=1S/C28H40N2O2/c1-20(2)31-28-21(3)10-11-24-25(28)18-26(32-27(24)19-29-4)23-13-16-30(17-14-23)15-12-22-8-6-5-7-9-22/h5-11,20,23,26-27,29H,12-19H2,1-4H3. The first kappa shape index (κ1) is 23.3. The summed E-state index contributed by atoms with van der Waals surface area (Å²) in [7, 11) is 2.01. The molecule has 0 aliphatic carbocycles. The average Bonchev–Trinajstić information content (AvgIpc) is 2.80. The fourth-order valence-electron chi connectivity index (χ4n) is 5.31. The van der Waals surface area contributed by atoms with E-state index in [4.69, 9.17) is 9.47 Å². The number of likely N-dealkylation sites (N-methyl/N-ethyl adjacent to an activating group) is 1. The molecule has 2 aliphatic heterocycles. The summed E-state index contributed by atoms with van der Waals surface area (Å²) in [6.07, 6.45) is 5.08. The van der Waals surface area contributed by atoms with Gasteiger partial charge in [-0.3, -0.25) is 0 Å². The van der Waals surface area contributed by atoms with Gasteiger partial charge in [0.15, 0.2) is 0 Å². The number of fused-ring (bicyclic) bond motifs is 1. The molecule has 0 radical (unpaired) electrons. The number of benzene rings is 2. The molecule has 2 aliphatic rings. The molecule has 0 aromatic heterocycles. The number of piperidine rings is 1. The van der Waals surface area contributed by atoms with Crippen molar-refractivity contribution < 1.29 is 9.47 Å². The number of likely N-dealkylation sites (tertiary alicyclic amines) is 1. The molecule has 0 spiro atoms. The van der Waals surface area contributed by atoms with Crippen molar-refractivity contribution in [1.29, 1.82) is 0 Å². The van der Waals surface area contributed by atoms with Gasteiger partial charge >= 0.3 is 0 Å². The number of hydrogen-bond donors (Lipinski definition) is 1. The summed E-state index contributed by atoms with van der Waals surface area (Å²) in [6, 6.07) is 15.3. The van der Waals surface area contributed by atoms with E-state index in [1.165, 1.54) is 48.2 Å². The lowest BCUT2D eigenvalue weighted by atomic mass is 9.83. The summed E-state index contributed by atoms with van der Waals surface area (Å²) in [5.74, 6) is 1.70.